The topological polar surface area (TPSA) is 35.5 Å². The third kappa shape index (κ3) is 3.67. The SMILES string of the molecule is C.COc1cc(C(C)=O)cc(OC)c1Cc1ccccc1C. The van der Waals surface area contributed by atoms with E-state index < -0.39 is 0 Å². The zero-order valence-electron chi connectivity index (χ0n) is 12.9. The van der Waals surface area contributed by atoms with E-state index in [1.165, 1.54) is 18.1 Å². The van der Waals surface area contributed by atoms with Crippen LogP contribution in [0.1, 0.15) is 41.4 Å². The Labute approximate surface area is 132 Å². The monoisotopic (exact) mass is 300 g/mol. The molecule has 2 aromatic carbocycles. The Balaban J connectivity index is 0.00000242. The quantitative estimate of drug-likeness (QED) is 0.766. The predicted octanol–water partition coefficient (Wildman–Crippen LogP) is 4.44. The van der Waals surface area contributed by atoms with Crippen LogP contribution in [0.4, 0.5) is 0 Å². The molecule has 22 heavy (non-hydrogen) atoms. The van der Waals surface area contributed by atoms with E-state index in [2.05, 4.69) is 19.1 Å². The molecule has 0 N–H and O–H groups in total. The lowest BCUT2D eigenvalue weighted by atomic mass is 9.97. The van der Waals surface area contributed by atoms with Gasteiger partial charge in [-0.2, -0.15) is 0 Å². The number of carbonyl (C=O) groups excluding carboxylic acids is 1. The Bertz CT molecular complexity index is 634. The van der Waals surface area contributed by atoms with E-state index in [0.29, 0.717) is 23.5 Å². The number of ether oxygens (including phenoxy) is 2. The maximum Gasteiger partial charge on any atom is 0.160 e. The summed E-state index contributed by atoms with van der Waals surface area (Å²) in [6.45, 7) is 3.62. The molecule has 0 saturated carbocycles. The molecule has 0 heterocycles. The highest BCUT2D eigenvalue weighted by Crippen LogP contribution is 2.33. The Kier molecular flexibility index (Phi) is 6.17. The Morgan fingerprint density at radius 1 is 1.05 bits per heavy atom. The predicted molar refractivity (Wildman–Crippen MR) is 90.3 cm³/mol. The maximum atomic E-state index is 11.6. The molecule has 0 aliphatic rings. The minimum absolute atomic E-state index is 0. The first-order valence-corrected chi connectivity index (χ1v) is 6.87. The molecule has 0 spiro atoms. The number of benzene rings is 2. The summed E-state index contributed by atoms with van der Waals surface area (Å²) in [7, 11) is 3.22. The van der Waals surface area contributed by atoms with Crippen LogP contribution in [-0.4, -0.2) is 20.0 Å². The summed E-state index contributed by atoms with van der Waals surface area (Å²) in [5.74, 6) is 1.36. The third-order valence-corrected chi connectivity index (χ3v) is 3.64. The van der Waals surface area contributed by atoms with Crippen LogP contribution >= 0.6 is 0 Å². The van der Waals surface area contributed by atoms with Gasteiger partial charge in [-0.1, -0.05) is 31.7 Å². The van der Waals surface area contributed by atoms with Gasteiger partial charge in [-0.05, 0) is 37.1 Å². The third-order valence-electron chi connectivity index (χ3n) is 3.64. The fraction of sp³-hybridized carbons (Fsp3) is 0.316. The number of ketones is 1. The Morgan fingerprint density at radius 3 is 2.05 bits per heavy atom. The smallest absolute Gasteiger partial charge is 0.160 e. The molecule has 0 saturated heterocycles. The molecule has 0 radical (unpaired) electrons. The molecule has 0 atom stereocenters. The fourth-order valence-corrected chi connectivity index (χ4v) is 2.36. The number of hydrogen-bond acceptors (Lipinski definition) is 3. The molecule has 0 bridgehead atoms. The van der Waals surface area contributed by atoms with Crippen LogP contribution in [0.5, 0.6) is 11.5 Å². The number of Topliss-reactive ketones (excluding diaryl/α,β-unsaturated/α-hetero) is 1. The van der Waals surface area contributed by atoms with E-state index in [1.54, 1.807) is 26.4 Å². The molecule has 0 fully saturated rings. The van der Waals surface area contributed by atoms with Gasteiger partial charge >= 0.3 is 0 Å². The minimum Gasteiger partial charge on any atom is -0.496 e. The molecule has 3 heteroatoms. The van der Waals surface area contributed by atoms with Crippen molar-refractivity contribution >= 4 is 5.78 Å². The molecular weight excluding hydrogens is 276 g/mol. The first-order valence-electron chi connectivity index (χ1n) is 6.87. The van der Waals surface area contributed by atoms with Crippen molar-refractivity contribution in [1.82, 2.24) is 0 Å². The van der Waals surface area contributed by atoms with Gasteiger partial charge < -0.3 is 9.47 Å². The summed E-state index contributed by atoms with van der Waals surface area (Å²) in [6, 6.07) is 11.8. The van der Waals surface area contributed by atoms with E-state index in [9.17, 15) is 4.79 Å². The van der Waals surface area contributed by atoms with Crippen LogP contribution < -0.4 is 9.47 Å². The first kappa shape index (κ1) is 17.8. The number of aryl methyl sites for hydroxylation is 1. The maximum absolute atomic E-state index is 11.6. The lowest BCUT2D eigenvalue weighted by molar-refractivity contribution is 0.101. The molecular formula is C19H24O3. The van der Waals surface area contributed by atoms with Crippen LogP contribution in [0.25, 0.3) is 0 Å². The van der Waals surface area contributed by atoms with Gasteiger partial charge in [-0.3, -0.25) is 4.79 Å². The van der Waals surface area contributed by atoms with Crippen molar-refractivity contribution < 1.29 is 14.3 Å². The molecule has 0 aliphatic carbocycles. The van der Waals surface area contributed by atoms with E-state index in [0.717, 1.165) is 5.56 Å². The van der Waals surface area contributed by atoms with Gasteiger partial charge in [0.25, 0.3) is 0 Å². The Morgan fingerprint density at radius 2 is 1.59 bits per heavy atom. The minimum atomic E-state index is -0.00552. The van der Waals surface area contributed by atoms with E-state index in [1.807, 2.05) is 12.1 Å². The van der Waals surface area contributed by atoms with Crippen molar-refractivity contribution in [3.63, 3.8) is 0 Å². The first-order chi connectivity index (χ1) is 10.1. The second kappa shape index (κ2) is 7.64. The van der Waals surface area contributed by atoms with Gasteiger partial charge in [0.2, 0.25) is 0 Å². The van der Waals surface area contributed by atoms with Crippen LogP contribution in [0.2, 0.25) is 0 Å². The van der Waals surface area contributed by atoms with E-state index in [-0.39, 0.29) is 13.2 Å². The number of methoxy groups -OCH3 is 2. The highest BCUT2D eigenvalue weighted by molar-refractivity contribution is 5.95. The highest BCUT2D eigenvalue weighted by atomic mass is 16.5. The zero-order chi connectivity index (χ0) is 15.4. The number of rotatable bonds is 5. The van der Waals surface area contributed by atoms with Gasteiger partial charge in [0.15, 0.2) is 5.78 Å². The van der Waals surface area contributed by atoms with E-state index >= 15 is 0 Å². The van der Waals surface area contributed by atoms with Crippen LogP contribution in [0, 0.1) is 6.92 Å². The van der Waals surface area contributed by atoms with Crippen molar-refractivity contribution in [3.8, 4) is 11.5 Å². The lowest BCUT2D eigenvalue weighted by Gasteiger charge is -2.15. The van der Waals surface area contributed by atoms with Crippen molar-refractivity contribution in [2.24, 2.45) is 0 Å². The average molecular weight is 300 g/mol. The normalized spacial score (nSPS) is 9.82. The van der Waals surface area contributed by atoms with Gasteiger partial charge in [-0.15, -0.1) is 0 Å². The summed E-state index contributed by atoms with van der Waals surface area (Å²) in [6.07, 6.45) is 0.706. The summed E-state index contributed by atoms with van der Waals surface area (Å²) in [4.78, 5) is 11.6. The number of carbonyl (C=O) groups is 1. The summed E-state index contributed by atoms with van der Waals surface area (Å²) in [5.41, 5.74) is 3.98. The average Bonchev–Trinajstić information content (AvgIpc) is 2.49. The molecule has 0 amide bonds. The second-order valence-electron chi connectivity index (χ2n) is 5.02. The van der Waals surface area contributed by atoms with Gasteiger partial charge in [0.1, 0.15) is 11.5 Å². The largest absolute Gasteiger partial charge is 0.496 e. The Hall–Kier alpha value is -2.29. The van der Waals surface area contributed by atoms with Crippen LogP contribution in [0.15, 0.2) is 36.4 Å². The summed E-state index contributed by atoms with van der Waals surface area (Å²) in [5, 5.41) is 0. The fourth-order valence-electron chi connectivity index (χ4n) is 2.36. The molecule has 0 aliphatic heterocycles. The van der Waals surface area contributed by atoms with Gasteiger partial charge in [0.05, 0.1) is 14.2 Å². The molecule has 2 rings (SSSR count). The van der Waals surface area contributed by atoms with Crippen LogP contribution in [-0.2, 0) is 6.42 Å². The van der Waals surface area contributed by atoms with Crippen molar-refractivity contribution in [3.05, 3.63) is 58.7 Å². The summed E-state index contributed by atoms with van der Waals surface area (Å²) >= 11 is 0. The van der Waals surface area contributed by atoms with Crippen molar-refractivity contribution in [1.29, 1.82) is 0 Å². The second-order valence-corrected chi connectivity index (χ2v) is 5.02. The van der Waals surface area contributed by atoms with Crippen molar-refractivity contribution in [2.45, 2.75) is 27.7 Å². The van der Waals surface area contributed by atoms with Gasteiger partial charge in [-0.25, -0.2) is 0 Å². The standard InChI is InChI=1S/C18H20O3.CH4/c1-12-7-5-6-8-14(12)9-16-17(20-3)10-15(13(2)19)11-18(16)21-4;/h5-8,10-11H,9H2,1-4H3;1H4. The summed E-state index contributed by atoms with van der Waals surface area (Å²) < 4.78 is 10.9. The van der Waals surface area contributed by atoms with Crippen molar-refractivity contribution in [2.75, 3.05) is 14.2 Å². The number of hydrogen-bond donors (Lipinski definition) is 0. The molecule has 0 unspecified atom stereocenters. The highest BCUT2D eigenvalue weighted by Gasteiger charge is 2.15. The molecule has 0 aromatic heterocycles. The molecule has 2 aromatic rings. The lowest BCUT2D eigenvalue weighted by Crippen LogP contribution is -2.03. The van der Waals surface area contributed by atoms with Crippen LogP contribution in [0.3, 0.4) is 0 Å². The van der Waals surface area contributed by atoms with Gasteiger partial charge in [0, 0.05) is 17.5 Å². The zero-order valence-corrected chi connectivity index (χ0v) is 12.9. The molecule has 3 nitrogen and oxygen atoms in total. The molecule has 118 valence electrons. The van der Waals surface area contributed by atoms with E-state index in [4.69, 9.17) is 9.47 Å².